The summed E-state index contributed by atoms with van der Waals surface area (Å²) in [6.45, 7) is 5.14. The van der Waals surface area contributed by atoms with Crippen molar-refractivity contribution in [2.75, 3.05) is 11.9 Å². The molecule has 1 aromatic rings. The van der Waals surface area contributed by atoms with Crippen LogP contribution in [0.3, 0.4) is 0 Å². The third kappa shape index (κ3) is 3.00. The molecule has 0 atom stereocenters. The topological polar surface area (TPSA) is 50.1 Å². The molecule has 1 aliphatic rings. The SMILES string of the molecule is Cn1ccnc1NCC1(O)CCC(C)(C)CC1. The van der Waals surface area contributed by atoms with Crippen LogP contribution in [0.2, 0.25) is 0 Å². The second-order valence-corrected chi connectivity index (χ2v) is 6.10. The molecular formula is C13H23N3O. The van der Waals surface area contributed by atoms with Crippen molar-refractivity contribution in [3.05, 3.63) is 12.4 Å². The Kier molecular flexibility index (Phi) is 3.17. The van der Waals surface area contributed by atoms with E-state index in [4.69, 9.17) is 0 Å². The van der Waals surface area contributed by atoms with Crippen LogP contribution in [0.15, 0.2) is 12.4 Å². The molecule has 0 radical (unpaired) electrons. The minimum absolute atomic E-state index is 0.384. The number of anilines is 1. The van der Waals surface area contributed by atoms with Crippen LogP contribution in [0.4, 0.5) is 5.95 Å². The van der Waals surface area contributed by atoms with Gasteiger partial charge in [0.1, 0.15) is 0 Å². The summed E-state index contributed by atoms with van der Waals surface area (Å²) in [5, 5.41) is 13.7. The molecule has 1 saturated carbocycles. The van der Waals surface area contributed by atoms with E-state index in [-0.39, 0.29) is 0 Å². The van der Waals surface area contributed by atoms with E-state index in [1.54, 1.807) is 6.20 Å². The molecule has 96 valence electrons. The Labute approximate surface area is 103 Å². The first-order valence-electron chi connectivity index (χ1n) is 6.34. The number of imidazole rings is 1. The molecule has 1 fully saturated rings. The van der Waals surface area contributed by atoms with Crippen molar-refractivity contribution in [3.8, 4) is 0 Å². The smallest absolute Gasteiger partial charge is 0.202 e. The zero-order chi connectivity index (χ0) is 12.5. The van der Waals surface area contributed by atoms with Crippen LogP contribution in [0.1, 0.15) is 39.5 Å². The molecule has 2 rings (SSSR count). The summed E-state index contributed by atoms with van der Waals surface area (Å²) in [6.07, 6.45) is 7.58. The third-order valence-electron chi connectivity index (χ3n) is 3.93. The van der Waals surface area contributed by atoms with Gasteiger partial charge in [0.15, 0.2) is 0 Å². The molecule has 4 nitrogen and oxygen atoms in total. The van der Waals surface area contributed by atoms with Crippen molar-refractivity contribution >= 4 is 5.95 Å². The summed E-state index contributed by atoms with van der Waals surface area (Å²) >= 11 is 0. The normalized spacial score (nSPS) is 22.4. The van der Waals surface area contributed by atoms with Crippen LogP contribution >= 0.6 is 0 Å². The first kappa shape index (κ1) is 12.4. The Morgan fingerprint density at radius 2 is 2.00 bits per heavy atom. The predicted octanol–water partition coefficient (Wildman–Crippen LogP) is 2.16. The Balaban J connectivity index is 1.89. The Hall–Kier alpha value is -1.03. The molecule has 0 aromatic carbocycles. The fourth-order valence-electron chi connectivity index (χ4n) is 2.35. The largest absolute Gasteiger partial charge is 0.388 e. The maximum Gasteiger partial charge on any atom is 0.202 e. The van der Waals surface area contributed by atoms with Gasteiger partial charge in [-0.15, -0.1) is 0 Å². The second-order valence-electron chi connectivity index (χ2n) is 6.10. The molecule has 0 amide bonds. The number of aliphatic hydroxyl groups is 1. The molecule has 0 saturated heterocycles. The predicted molar refractivity (Wildman–Crippen MR) is 68.9 cm³/mol. The van der Waals surface area contributed by atoms with Crippen LogP contribution in [-0.2, 0) is 7.05 Å². The van der Waals surface area contributed by atoms with E-state index in [9.17, 15) is 5.11 Å². The van der Waals surface area contributed by atoms with Crippen molar-refractivity contribution in [1.82, 2.24) is 9.55 Å². The molecule has 4 heteroatoms. The Morgan fingerprint density at radius 1 is 1.35 bits per heavy atom. The fraction of sp³-hybridized carbons (Fsp3) is 0.769. The molecule has 1 aliphatic carbocycles. The highest BCUT2D eigenvalue weighted by molar-refractivity contribution is 5.26. The highest BCUT2D eigenvalue weighted by atomic mass is 16.3. The van der Waals surface area contributed by atoms with Gasteiger partial charge in [-0.3, -0.25) is 0 Å². The molecule has 2 N–H and O–H groups in total. The van der Waals surface area contributed by atoms with Gasteiger partial charge in [0, 0.05) is 26.0 Å². The van der Waals surface area contributed by atoms with Gasteiger partial charge in [-0.05, 0) is 31.1 Å². The van der Waals surface area contributed by atoms with Gasteiger partial charge in [0.25, 0.3) is 0 Å². The second kappa shape index (κ2) is 4.33. The van der Waals surface area contributed by atoms with E-state index in [2.05, 4.69) is 24.1 Å². The van der Waals surface area contributed by atoms with Crippen molar-refractivity contribution < 1.29 is 5.11 Å². The van der Waals surface area contributed by atoms with E-state index in [1.165, 1.54) is 0 Å². The van der Waals surface area contributed by atoms with E-state index >= 15 is 0 Å². The number of hydrogen-bond donors (Lipinski definition) is 2. The lowest BCUT2D eigenvalue weighted by atomic mass is 9.71. The van der Waals surface area contributed by atoms with Gasteiger partial charge in [-0.1, -0.05) is 13.8 Å². The maximum absolute atomic E-state index is 10.5. The third-order valence-corrected chi connectivity index (χ3v) is 3.93. The van der Waals surface area contributed by atoms with Gasteiger partial charge < -0.3 is 15.0 Å². The van der Waals surface area contributed by atoms with Gasteiger partial charge in [-0.25, -0.2) is 4.98 Å². The number of nitrogens with zero attached hydrogens (tertiary/aromatic N) is 2. The Morgan fingerprint density at radius 3 is 2.53 bits per heavy atom. The standard InChI is InChI=1S/C13H23N3O/c1-12(2)4-6-13(17,7-5-12)10-15-11-14-8-9-16(11)3/h8-9,17H,4-7,10H2,1-3H3,(H,14,15). The van der Waals surface area contributed by atoms with Crippen LogP contribution in [-0.4, -0.2) is 26.8 Å². The average molecular weight is 237 g/mol. The van der Waals surface area contributed by atoms with Gasteiger partial charge in [0.2, 0.25) is 5.95 Å². The number of aromatic nitrogens is 2. The molecule has 1 heterocycles. The molecule has 0 bridgehead atoms. The lowest BCUT2D eigenvalue weighted by Crippen LogP contribution is -2.42. The van der Waals surface area contributed by atoms with Crippen LogP contribution in [0, 0.1) is 5.41 Å². The van der Waals surface area contributed by atoms with Crippen molar-refractivity contribution in [3.63, 3.8) is 0 Å². The summed E-state index contributed by atoms with van der Waals surface area (Å²) in [6, 6.07) is 0. The quantitative estimate of drug-likeness (QED) is 0.847. The van der Waals surface area contributed by atoms with E-state index in [0.717, 1.165) is 31.6 Å². The van der Waals surface area contributed by atoms with Gasteiger partial charge in [0.05, 0.1) is 5.60 Å². The molecule has 0 spiro atoms. The Bertz CT molecular complexity index is 374. The minimum Gasteiger partial charge on any atom is -0.388 e. The number of nitrogens with one attached hydrogen (secondary N) is 1. The number of aryl methyl sites for hydroxylation is 1. The van der Waals surface area contributed by atoms with Crippen molar-refractivity contribution in [1.29, 1.82) is 0 Å². The summed E-state index contributed by atoms with van der Waals surface area (Å²) in [5.74, 6) is 0.822. The van der Waals surface area contributed by atoms with Gasteiger partial charge in [-0.2, -0.15) is 0 Å². The number of hydrogen-bond acceptors (Lipinski definition) is 3. The van der Waals surface area contributed by atoms with E-state index < -0.39 is 5.60 Å². The molecular weight excluding hydrogens is 214 g/mol. The monoisotopic (exact) mass is 237 g/mol. The van der Waals surface area contributed by atoms with Crippen molar-refractivity contribution in [2.45, 2.75) is 45.1 Å². The summed E-state index contributed by atoms with van der Waals surface area (Å²) in [5.41, 5.74) is -0.184. The summed E-state index contributed by atoms with van der Waals surface area (Å²) < 4.78 is 1.93. The summed E-state index contributed by atoms with van der Waals surface area (Å²) in [7, 11) is 1.95. The van der Waals surface area contributed by atoms with Gasteiger partial charge >= 0.3 is 0 Å². The lowest BCUT2D eigenvalue weighted by Gasteiger charge is -2.40. The van der Waals surface area contributed by atoms with Crippen LogP contribution in [0.25, 0.3) is 0 Å². The fourth-order valence-corrected chi connectivity index (χ4v) is 2.35. The molecule has 17 heavy (non-hydrogen) atoms. The highest BCUT2D eigenvalue weighted by Gasteiger charge is 2.36. The summed E-state index contributed by atoms with van der Waals surface area (Å²) in [4.78, 5) is 4.20. The van der Waals surface area contributed by atoms with Crippen LogP contribution < -0.4 is 5.32 Å². The zero-order valence-corrected chi connectivity index (χ0v) is 11.0. The highest BCUT2D eigenvalue weighted by Crippen LogP contribution is 2.40. The first-order chi connectivity index (χ1) is 7.90. The van der Waals surface area contributed by atoms with Crippen molar-refractivity contribution in [2.24, 2.45) is 12.5 Å². The lowest BCUT2D eigenvalue weighted by molar-refractivity contribution is -0.0146. The molecule has 1 aromatic heterocycles. The van der Waals surface area contributed by atoms with E-state index in [1.807, 2.05) is 17.8 Å². The van der Waals surface area contributed by atoms with Crippen LogP contribution in [0.5, 0.6) is 0 Å². The first-order valence-corrected chi connectivity index (χ1v) is 6.34. The maximum atomic E-state index is 10.5. The molecule has 0 unspecified atom stereocenters. The average Bonchev–Trinajstić information content (AvgIpc) is 2.67. The minimum atomic E-state index is -0.568. The molecule has 0 aliphatic heterocycles. The number of rotatable bonds is 3. The zero-order valence-electron chi connectivity index (χ0n) is 11.0. The van der Waals surface area contributed by atoms with E-state index in [0.29, 0.717) is 12.0 Å².